The van der Waals surface area contributed by atoms with Gasteiger partial charge in [0.05, 0.1) is 12.4 Å². The predicted molar refractivity (Wildman–Crippen MR) is 143 cm³/mol. The molecule has 0 bridgehead atoms. The van der Waals surface area contributed by atoms with E-state index in [2.05, 4.69) is 49.8 Å². The number of para-hydroxylation sites is 1. The third-order valence-corrected chi connectivity index (χ3v) is 6.06. The number of hydrogen-bond donors (Lipinski definition) is 3. The van der Waals surface area contributed by atoms with Gasteiger partial charge >= 0.3 is 12.1 Å². The van der Waals surface area contributed by atoms with E-state index in [1.54, 1.807) is 60.7 Å². The number of amides is 1. The molecular formula is C25H23Br2NO6S. The SMILES string of the molecule is O=C(CS)OCC[C@H](Oc1ccccc1)[C@@H](OC(=O)Nc1ccc(Br)cc1)c1cc(Br)ccc1O. The van der Waals surface area contributed by atoms with Gasteiger partial charge in [-0.3, -0.25) is 10.1 Å². The number of thiol groups is 1. The summed E-state index contributed by atoms with van der Waals surface area (Å²) in [6.45, 7) is -0.000149. The number of carbonyl (C=O) groups excluding carboxylic acids is 2. The number of nitrogens with one attached hydrogen (secondary N) is 1. The smallest absolute Gasteiger partial charge is 0.412 e. The Kier molecular flexibility index (Phi) is 10.3. The first-order chi connectivity index (χ1) is 16.9. The minimum atomic E-state index is -1.04. The van der Waals surface area contributed by atoms with Gasteiger partial charge in [-0.15, -0.1) is 0 Å². The zero-order valence-electron chi connectivity index (χ0n) is 18.4. The lowest BCUT2D eigenvalue weighted by Crippen LogP contribution is -2.32. The fourth-order valence-corrected chi connectivity index (χ4v) is 3.90. The van der Waals surface area contributed by atoms with E-state index in [0.717, 1.165) is 4.47 Å². The molecule has 0 aliphatic rings. The Morgan fingerprint density at radius 3 is 2.34 bits per heavy atom. The third kappa shape index (κ3) is 8.48. The van der Waals surface area contributed by atoms with Crippen LogP contribution >= 0.6 is 44.5 Å². The molecule has 0 aliphatic heterocycles. The van der Waals surface area contributed by atoms with E-state index >= 15 is 0 Å². The van der Waals surface area contributed by atoms with Gasteiger partial charge in [-0.2, -0.15) is 12.6 Å². The molecule has 2 N–H and O–H groups in total. The highest BCUT2D eigenvalue weighted by Crippen LogP contribution is 2.35. The number of halogens is 2. The van der Waals surface area contributed by atoms with Crippen LogP contribution in [0.25, 0.3) is 0 Å². The second-order valence-corrected chi connectivity index (χ2v) is 9.45. The first kappa shape index (κ1) is 26.9. The molecule has 0 aromatic heterocycles. The molecule has 0 spiro atoms. The molecule has 0 saturated carbocycles. The van der Waals surface area contributed by atoms with E-state index in [-0.39, 0.29) is 24.5 Å². The fourth-order valence-electron chi connectivity index (χ4n) is 3.17. The maximum atomic E-state index is 12.9. The first-order valence-corrected chi connectivity index (χ1v) is 12.8. The summed E-state index contributed by atoms with van der Waals surface area (Å²) in [5.41, 5.74) is 0.852. The summed E-state index contributed by atoms with van der Waals surface area (Å²) >= 11 is 10.7. The Bertz CT molecular complexity index is 1130. The highest BCUT2D eigenvalue weighted by molar-refractivity contribution is 9.10. The molecule has 2 atom stereocenters. The number of benzene rings is 3. The van der Waals surface area contributed by atoms with Crippen molar-refractivity contribution in [1.29, 1.82) is 0 Å². The Balaban J connectivity index is 1.90. The van der Waals surface area contributed by atoms with Crippen molar-refractivity contribution >= 4 is 62.2 Å². The number of carbonyl (C=O) groups is 2. The Morgan fingerprint density at radius 1 is 0.971 bits per heavy atom. The van der Waals surface area contributed by atoms with Crippen molar-refractivity contribution in [3.63, 3.8) is 0 Å². The lowest BCUT2D eigenvalue weighted by molar-refractivity contribution is -0.141. The quantitative estimate of drug-likeness (QED) is 0.176. The minimum Gasteiger partial charge on any atom is -0.508 e. The molecule has 0 fully saturated rings. The van der Waals surface area contributed by atoms with E-state index in [1.807, 2.05) is 6.07 Å². The molecule has 184 valence electrons. The monoisotopic (exact) mass is 623 g/mol. The molecule has 0 saturated heterocycles. The van der Waals surface area contributed by atoms with Crippen molar-refractivity contribution in [3.05, 3.63) is 87.3 Å². The van der Waals surface area contributed by atoms with Crippen molar-refractivity contribution in [1.82, 2.24) is 0 Å². The van der Waals surface area contributed by atoms with Gasteiger partial charge in [-0.05, 0) is 54.6 Å². The Morgan fingerprint density at radius 2 is 1.66 bits per heavy atom. The van der Waals surface area contributed by atoms with E-state index in [1.165, 1.54) is 6.07 Å². The van der Waals surface area contributed by atoms with Gasteiger partial charge in [-0.1, -0.05) is 50.1 Å². The first-order valence-electron chi connectivity index (χ1n) is 10.6. The zero-order valence-corrected chi connectivity index (χ0v) is 22.5. The van der Waals surface area contributed by atoms with Crippen LogP contribution in [0.4, 0.5) is 10.5 Å². The molecule has 3 rings (SSSR count). The molecule has 10 heteroatoms. The lowest BCUT2D eigenvalue weighted by atomic mass is 10.0. The van der Waals surface area contributed by atoms with Crippen molar-refractivity contribution in [2.75, 3.05) is 17.7 Å². The highest BCUT2D eigenvalue weighted by atomic mass is 79.9. The Labute approximate surface area is 225 Å². The standard InChI is InChI=1S/C25H23Br2NO6S/c26-16-6-9-18(10-7-16)28-25(31)34-24(20-14-17(27)8-11-21(20)29)22(12-13-32-23(30)15-35)33-19-4-2-1-3-5-19/h1-11,14,22,24,29,35H,12-13,15H2,(H,28,31)/t22-,24-/m0/s1. The van der Waals surface area contributed by atoms with Crippen LogP contribution in [0.2, 0.25) is 0 Å². The maximum absolute atomic E-state index is 12.9. The number of phenolic OH excluding ortho intramolecular Hbond substituents is 1. The maximum Gasteiger partial charge on any atom is 0.412 e. The van der Waals surface area contributed by atoms with Crippen molar-refractivity contribution in [2.24, 2.45) is 0 Å². The zero-order chi connectivity index (χ0) is 25.2. The summed E-state index contributed by atoms with van der Waals surface area (Å²) in [4.78, 5) is 24.5. The van der Waals surface area contributed by atoms with Crippen LogP contribution in [0.1, 0.15) is 18.1 Å². The summed E-state index contributed by atoms with van der Waals surface area (Å²) < 4.78 is 18.7. The van der Waals surface area contributed by atoms with Crippen LogP contribution in [0.5, 0.6) is 11.5 Å². The number of phenols is 1. The number of anilines is 1. The number of ether oxygens (including phenoxy) is 3. The summed E-state index contributed by atoms with van der Waals surface area (Å²) in [6.07, 6.45) is -2.42. The number of esters is 1. The van der Waals surface area contributed by atoms with Gasteiger partial charge in [0, 0.05) is 26.6 Å². The third-order valence-electron chi connectivity index (χ3n) is 4.78. The van der Waals surface area contributed by atoms with Gasteiger partial charge in [0.1, 0.15) is 17.6 Å². The second-order valence-electron chi connectivity index (χ2n) is 7.30. The van der Waals surface area contributed by atoms with Gasteiger partial charge in [0.2, 0.25) is 0 Å². The topological polar surface area (TPSA) is 94.1 Å². The summed E-state index contributed by atoms with van der Waals surface area (Å²) in [5.74, 6) is -0.104. The summed E-state index contributed by atoms with van der Waals surface area (Å²) in [5, 5.41) is 13.3. The van der Waals surface area contributed by atoms with E-state index in [0.29, 0.717) is 21.5 Å². The largest absolute Gasteiger partial charge is 0.508 e. The van der Waals surface area contributed by atoms with Crippen LogP contribution < -0.4 is 10.1 Å². The van der Waals surface area contributed by atoms with E-state index in [4.69, 9.17) is 14.2 Å². The number of hydrogen-bond acceptors (Lipinski definition) is 7. The van der Waals surface area contributed by atoms with Crippen LogP contribution in [-0.2, 0) is 14.3 Å². The number of rotatable bonds is 10. The van der Waals surface area contributed by atoms with Crippen molar-refractivity contribution in [3.8, 4) is 11.5 Å². The van der Waals surface area contributed by atoms with Crippen molar-refractivity contribution in [2.45, 2.75) is 18.6 Å². The highest BCUT2D eigenvalue weighted by Gasteiger charge is 2.32. The molecule has 0 heterocycles. The summed E-state index contributed by atoms with van der Waals surface area (Å²) in [7, 11) is 0. The Hall–Kier alpha value is -2.69. The predicted octanol–water partition coefficient (Wildman–Crippen LogP) is 6.52. The van der Waals surface area contributed by atoms with Gasteiger partial charge in [-0.25, -0.2) is 4.79 Å². The fraction of sp³-hybridized carbons (Fsp3) is 0.200. The van der Waals surface area contributed by atoms with E-state index in [9.17, 15) is 14.7 Å². The number of aromatic hydroxyl groups is 1. The van der Waals surface area contributed by atoms with Crippen LogP contribution in [0, 0.1) is 0 Å². The second kappa shape index (κ2) is 13.4. The van der Waals surface area contributed by atoms with E-state index < -0.39 is 24.3 Å². The molecule has 3 aromatic carbocycles. The molecule has 3 aromatic rings. The van der Waals surface area contributed by atoms with Crippen LogP contribution in [0.3, 0.4) is 0 Å². The average Bonchev–Trinajstić information content (AvgIpc) is 2.85. The normalized spacial score (nSPS) is 12.3. The van der Waals surface area contributed by atoms with Gasteiger partial charge < -0.3 is 19.3 Å². The summed E-state index contributed by atoms with van der Waals surface area (Å²) in [6, 6.07) is 20.8. The van der Waals surface area contributed by atoms with Gasteiger partial charge in [0.25, 0.3) is 0 Å². The molecule has 7 nitrogen and oxygen atoms in total. The molecule has 0 aliphatic carbocycles. The van der Waals surface area contributed by atoms with Crippen LogP contribution in [0.15, 0.2) is 81.7 Å². The average molecular weight is 625 g/mol. The van der Waals surface area contributed by atoms with Crippen molar-refractivity contribution < 1.29 is 28.9 Å². The minimum absolute atomic E-state index is 0.000149. The molecule has 0 unspecified atom stereocenters. The lowest BCUT2D eigenvalue weighted by Gasteiger charge is -2.29. The molecule has 1 amide bonds. The van der Waals surface area contributed by atoms with Gasteiger partial charge in [0.15, 0.2) is 6.10 Å². The molecule has 0 radical (unpaired) electrons. The molecule has 35 heavy (non-hydrogen) atoms. The molecular weight excluding hydrogens is 602 g/mol. The van der Waals surface area contributed by atoms with Crippen LogP contribution in [-0.4, -0.2) is 35.6 Å².